The van der Waals surface area contributed by atoms with Crippen LogP contribution >= 0.6 is 0 Å². The second-order valence-corrected chi connectivity index (χ2v) is 6.91. The Balaban J connectivity index is 1.84. The molecule has 0 saturated carbocycles. The number of hydrazone groups is 1. The normalized spacial score (nSPS) is 11.6. The quantitative estimate of drug-likeness (QED) is 0.327. The molecule has 2 aromatic heterocycles. The lowest BCUT2D eigenvalue weighted by Crippen LogP contribution is -2.19. The molecule has 0 aliphatic rings. The van der Waals surface area contributed by atoms with Gasteiger partial charge in [-0.3, -0.25) is 9.78 Å². The summed E-state index contributed by atoms with van der Waals surface area (Å²) in [6.07, 6.45) is 9.09. The number of hydrogen-bond acceptors (Lipinski definition) is 4. The first kappa shape index (κ1) is 19.7. The number of amides is 1. The molecule has 28 heavy (non-hydrogen) atoms. The minimum absolute atomic E-state index is 0.221. The highest BCUT2D eigenvalue weighted by Crippen LogP contribution is 2.24. The number of pyridine rings is 2. The van der Waals surface area contributed by atoms with Crippen LogP contribution in [0.4, 0.5) is 0 Å². The van der Waals surface area contributed by atoms with Crippen molar-refractivity contribution < 1.29 is 4.79 Å². The molecule has 1 amide bonds. The van der Waals surface area contributed by atoms with Crippen LogP contribution < -0.4 is 5.43 Å². The number of fused-ring (bicyclic) bond motifs is 1. The first-order valence-electron chi connectivity index (χ1n) is 9.82. The second kappa shape index (κ2) is 9.74. The largest absolute Gasteiger partial charge is 0.272 e. The summed E-state index contributed by atoms with van der Waals surface area (Å²) in [5.74, 6) is -0.221. The molecule has 0 spiro atoms. The van der Waals surface area contributed by atoms with E-state index in [4.69, 9.17) is 4.98 Å². The number of nitrogens with zero attached hydrogens (tertiary/aromatic N) is 3. The molecular weight excluding hydrogens is 348 g/mol. The Kier molecular flexibility index (Phi) is 6.84. The van der Waals surface area contributed by atoms with Crippen LogP contribution in [0.5, 0.6) is 0 Å². The number of carbonyl (C=O) groups excluding carboxylic acids is 1. The molecule has 0 bridgehead atoms. The van der Waals surface area contributed by atoms with Gasteiger partial charge in [0.25, 0.3) is 5.91 Å². The monoisotopic (exact) mass is 374 g/mol. The summed E-state index contributed by atoms with van der Waals surface area (Å²) in [6, 6.07) is 13.3. The summed E-state index contributed by atoms with van der Waals surface area (Å²) in [5.41, 5.74) is 6.67. The molecule has 5 heteroatoms. The van der Waals surface area contributed by atoms with Crippen molar-refractivity contribution in [3.8, 4) is 11.3 Å². The van der Waals surface area contributed by atoms with Crippen LogP contribution in [0, 0.1) is 0 Å². The number of hydrogen-bond donors (Lipinski definition) is 1. The molecule has 3 aromatic rings. The van der Waals surface area contributed by atoms with Crippen molar-refractivity contribution in [3.05, 3.63) is 60.4 Å². The average molecular weight is 374 g/mol. The van der Waals surface area contributed by atoms with Gasteiger partial charge in [0.05, 0.1) is 16.8 Å². The van der Waals surface area contributed by atoms with Gasteiger partial charge in [-0.2, -0.15) is 5.10 Å². The van der Waals surface area contributed by atoms with Gasteiger partial charge in [-0.15, -0.1) is 0 Å². The minimum atomic E-state index is -0.221. The van der Waals surface area contributed by atoms with Crippen molar-refractivity contribution in [1.82, 2.24) is 15.4 Å². The Labute approximate surface area is 165 Å². The van der Waals surface area contributed by atoms with Gasteiger partial charge in [0.2, 0.25) is 0 Å². The van der Waals surface area contributed by atoms with Gasteiger partial charge in [0.15, 0.2) is 0 Å². The van der Waals surface area contributed by atoms with Crippen molar-refractivity contribution in [3.63, 3.8) is 0 Å². The van der Waals surface area contributed by atoms with E-state index in [-0.39, 0.29) is 5.91 Å². The number of aromatic nitrogens is 2. The SMILES string of the molecule is CCCCCC/C(C)=N/NC(=O)c1cc(-c2ccncc2)nc2ccccc12. The maximum atomic E-state index is 12.9. The average Bonchev–Trinajstić information content (AvgIpc) is 2.75. The maximum Gasteiger partial charge on any atom is 0.272 e. The zero-order valence-electron chi connectivity index (χ0n) is 16.5. The molecule has 1 N–H and O–H groups in total. The minimum Gasteiger partial charge on any atom is -0.267 e. The van der Waals surface area contributed by atoms with E-state index in [1.807, 2.05) is 49.4 Å². The number of para-hydroxylation sites is 1. The summed E-state index contributed by atoms with van der Waals surface area (Å²) >= 11 is 0. The molecule has 0 aliphatic carbocycles. The topological polar surface area (TPSA) is 67.2 Å². The molecule has 0 atom stereocenters. The molecule has 0 fully saturated rings. The lowest BCUT2D eigenvalue weighted by Gasteiger charge is -2.09. The number of carbonyl (C=O) groups is 1. The van der Waals surface area contributed by atoms with Gasteiger partial charge in [-0.1, -0.05) is 44.4 Å². The predicted molar refractivity (Wildman–Crippen MR) is 114 cm³/mol. The summed E-state index contributed by atoms with van der Waals surface area (Å²) in [5, 5.41) is 5.11. The van der Waals surface area contributed by atoms with Crippen LogP contribution in [-0.4, -0.2) is 21.6 Å². The smallest absolute Gasteiger partial charge is 0.267 e. The van der Waals surface area contributed by atoms with E-state index in [2.05, 4.69) is 22.4 Å². The molecule has 1 aromatic carbocycles. The molecule has 0 radical (unpaired) electrons. The lowest BCUT2D eigenvalue weighted by molar-refractivity contribution is 0.0956. The van der Waals surface area contributed by atoms with Gasteiger partial charge in [-0.25, -0.2) is 10.4 Å². The summed E-state index contributed by atoms with van der Waals surface area (Å²) < 4.78 is 0. The molecule has 2 heterocycles. The highest BCUT2D eigenvalue weighted by Gasteiger charge is 2.13. The van der Waals surface area contributed by atoms with E-state index < -0.39 is 0 Å². The molecule has 5 nitrogen and oxygen atoms in total. The van der Waals surface area contributed by atoms with Crippen molar-refractivity contribution in [2.75, 3.05) is 0 Å². The maximum absolute atomic E-state index is 12.9. The number of nitrogens with one attached hydrogen (secondary N) is 1. The molecule has 0 saturated heterocycles. The number of benzene rings is 1. The van der Waals surface area contributed by atoms with E-state index >= 15 is 0 Å². The Bertz CT molecular complexity index is 967. The number of rotatable bonds is 8. The Morgan fingerprint density at radius 2 is 1.86 bits per heavy atom. The predicted octanol–water partition coefficient (Wildman–Crippen LogP) is 5.37. The zero-order chi connectivity index (χ0) is 19.8. The molecule has 0 unspecified atom stereocenters. The van der Waals surface area contributed by atoms with Crippen LogP contribution in [-0.2, 0) is 0 Å². The van der Waals surface area contributed by atoms with Crippen molar-refractivity contribution in [2.24, 2.45) is 5.10 Å². The van der Waals surface area contributed by atoms with E-state index in [0.29, 0.717) is 5.56 Å². The summed E-state index contributed by atoms with van der Waals surface area (Å²) in [7, 11) is 0. The van der Waals surface area contributed by atoms with Crippen LogP contribution in [0.3, 0.4) is 0 Å². The molecule has 144 valence electrons. The fourth-order valence-corrected chi connectivity index (χ4v) is 3.10. The third kappa shape index (κ3) is 5.00. The van der Waals surface area contributed by atoms with Gasteiger partial charge in [-0.05, 0) is 44.0 Å². The van der Waals surface area contributed by atoms with Crippen LogP contribution in [0.2, 0.25) is 0 Å². The highest BCUT2D eigenvalue weighted by molar-refractivity contribution is 6.07. The van der Waals surface area contributed by atoms with Gasteiger partial charge in [0.1, 0.15) is 0 Å². The zero-order valence-corrected chi connectivity index (χ0v) is 16.5. The van der Waals surface area contributed by atoms with E-state index in [9.17, 15) is 4.79 Å². The Morgan fingerprint density at radius 1 is 1.07 bits per heavy atom. The van der Waals surface area contributed by atoms with E-state index in [1.54, 1.807) is 12.4 Å². The Morgan fingerprint density at radius 3 is 2.64 bits per heavy atom. The standard InChI is InChI=1S/C23H26N4O/c1-3-4-5-6-9-17(2)26-27-23(28)20-16-22(18-12-14-24-15-13-18)25-21-11-8-7-10-19(20)21/h7-8,10-16H,3-6,9H2,1-2H3,(H,27,28)/b26-17+. The van der Waals surface area contributed by atoms with Crippen LogP contribution in [0.25, 0.3) is 22.2 Å². The van der Waals surface area contributed by atoms with Crippen LogP contribution in [0.15, 0.2) is 60.0 Å². The first-order chi connectivity index (χ1) is 13.7. The Hall–Kier alpha value is -3.08. The highest BCUT2D eigenvalue weighted by atomic mass is 16.2. The van der Waals surface area contributed by atoms with Crippen molar-refractivity contribution >= 4 is 22.5 Å². The third-order valence-electron chi connectivity index (χ3n) is 4.68. The third-order valence-corrected chi connectivity index (χ3v) is 4.68. The van der Waals surface area contributed by atoms with Crippen molar-refractivity contribution in [2.45, 2.75) is 46.0 Å². The van der Waals surface area contributed by atoms with Gasteiger partial charge in [0, 0.05) is 29.1 Å². The fraction of sp³-hybridized carbons (Fsp3) is 0.304. The fourth-order valence-electron chi connectivity index (χ4n) is 3.10. The summed E-state index contributed by atoms with van der Waals surface area (Å²) in [4.78, 5) is 21.6. The molecular formula is C23H26N4O. The lowest BCUT2D eigenvalue weighted by atomic mass is 10.0. The summed E-state index contributed by atoms with van der Waals surface area (Å²) in [6.45, 7) is 4.15. The van der Waals surface area contributed by atoms with E-state index in [0.717, 1.165) is 40.7 Å². The second-order valence-electron chi connectivity index (χ2n) is 6.91. The van der Waals surface area contributed by atoms with Crippen LogP contribution in [0.1, 0.15) is 56.3 Å². The molecule has 0 aliphatic heterocycles. The number of unbranched alkanes of at least 4 members (excludes halogenated alkanes) is 3. The first-order valence-corrected chi connectivity index (χ1v) is 9.82. The van der Waals surface area contributed by atoms with Crippen molar-refractivity contribution in [1.29, 1.82) is 0 Å². The van der Waals surface area contributed by atoms with Gasteiger partial charge < -0.3 is 0 Å². The molecule has 3 rings (SSSR count). The van der Waals surface area contributed by atoms with E-state index in [1.165, 1.54) is 19.3 Å². The van der Waals surface area contributed by atoms with Gasteiger partial charge >= 0.3 is 0 Å².